The van der Waals surface area contributed by atoms with Crippen molar-refractivity contribution in [1.82, 2.24) is 19.9 Å². The highest BCUT2D eigenvalue weighted by Crippen LogP contribution is 2.27. The van der Waals surface area contributed by atoms with Gasteiger partial charge >= 0.3 is 0 Å². The van der Waals surface area contributed by atoms with E-state index >= 15 is 0 Å². The number of likely N-dealkylation sites (tertiary alicyclic amines) is 1. The fourth-order valence-electron chi connectivity index (χ4n) is 4.09. The third kappa shape index (κ3) is 2.78. The number of para-hydroxylation sites is 1. The highest BCUT2D eigenvalue weighted by Gasteiger charge is 2.29. The van der Waals surface area contributed by atoms with Crippen LogP contribution in [-0.4, -0.2) is 44.6 Å². The van der Waals surface area contributed by atoms with Crippen LogP contribution in [0.2, 0.25) is 0 Å². The number of Topliss-reactive ketones (excluding diaryl/α,β-unsaturated/α-hetero) is 1. The zero-order chi connectivity index (χ0) is 19.1. The molecule has 2 N–H and O–H groups in total. The smallest absolute Gasteiger partial charge is 0.253 e. The fraction of sp³-hybridized carbons (Fsp3) is 0.227. The number of imidazole rings is 1. The number of aromatic nitrogens is 3. The van der Waals surface area contributed by atoms with Gasteiger partial charge < -0.3 is 14.9 Å². The van der Waals surface area contributed by atoms with Gasteiger partial charge in [0.15, 0.2) is 5.78 Å². The number of rotatable bonds is 3. The molecule has 0 aliphatic carbocycles. The molecule has 0 spiro atoms. The van der Waals surface area contributed by atoms with Crippen molar-refractivity contribution in [2.75, 3.05) is 13.1 Å². The van der Waals surface area contributed by atoms with E-state index in [1.807, 2.05) is 53.6 Å². The van der Waals surface area contributed by atoms with Gasteiger partial charge in [0.2, 0.25) is 0 Å². The molecule has 4 aromatic rings. The van der Waals surface area contributed by atoms with Crippen LogP contribution < -0.4 is 0 Å². The Morgan fingerprint density at radius 3 is 2.68 bits per heavy atom. The van der Waals surface area contributed by atoms with Gasteiger partial charge in [0.1, 0.15) is 0 Å². The second-order valence-corrected chi connectivity index (χ2v) is 7.31. The Kier molecular flexibility index (Phi) is 3.97. The lowest BCUT2D eigenvalue weighted by Crippen LogP contribution is -2.40. The van der Waals surface area contributed by atoms with Crippen molar-refractivity contribution in [3.05, 3.63) is 66.1 Å². The average Bonchev–Trinajstić information content (AvgIpc) is 3.39. The van der Waals surface area contributed by atoms with Crippen LogP contribution in [0.5, 0.6) is 0 Å². The predicted octanol–water partition coefficient (Wildman–Crippen LogP) is 3.78. The summed E-state index contributed by atoms with van der Waals surface area (Å²) in [5.41, 5.74) is 4.09. The minimum absolute atomic E-state index is 0.00879. The maximum absolute atomic E-state index is 13.0. The Balaban J connectivity index is 1.29. The number of aromatic amines is 2. The SMILES string of the molecule is O=C(c1c[nH]c2ccccc12)C1CCN(C(=O)c2ccc3nc[nH]c3c2)CC1. The Hall–Kier alpha value is -3.41. The molecule has 1 aliphatic heterocycles. The van der Waals surface area contributed by atoms with Crippen molar-refractivity contribution < 1.29 is 9.59 Å². The number of ketones is 1. The second kappa shape index (κ2) is 6.64. The van der Waals surface area contributed by atoms with Crippen molar-refractivity contribution in [1.29, 1.82) is 0 Å². The molecule has 1 saturated heterocycles. The molecule has 0 radical (unpaired) electrons. The van der Waals surface area contributed by atoms with Crippen LogP contribution in [0.3, 0.4) is 0 Å². The van der Waals surface area contributed by atoms with Crippen molar-refractivity contribution in [2.24, 2.45) is 5.92 Å². The molecule has 3 heterocycles. The Bertz CT molecular complexity index is 1180. The van der Waals surface area contributed by atoms with Gasteiger partial charge in [-0.2, -0.15) is 0 Å². The van der Waals surface area contributed by atoms with Crippen LogP contribution in [-0.2, 0) is 0 Å². The minimum atomic E-state index is -0.0432. The molecule has 0 unspecified atom stereocenters. The maximum Gasteiger partial charge on any atom is 0.253 e. The van der Waals surface area contributed by atoms with Crippen molar-refractivity contribution in [3.63, 3.8) is 0 Å². The van der Waals surface area contributed by atoms with E-state index in [1.165, 1.54) is 0 Å². The van der Waals surface area contributed by atoms with Gasteiger partial charge in [-0.15, -0.1) is 0 Å². The lowest BCUT2D eigenvalue weighted by molar-refractivity contribution is 0.0651. The van der Waals surface area contributed by atoms with Gasteiger partial charge in [-0.3, -0.25) is 9.59 Å². The summed E-state index contributed by atoms with van der Waals surface area (Å²) in [5.74, 6) is 0.135. The third-order valence-corrected chi connectivity index (χ3v) is 5.67. The molecule has 1 amide bonds. The van der Waals surface area contributed by atoms with Crippen LogP contribution in [0.25, 0.3) is 21.9 Å². The van der Waals surface area contributed by atoms with Crippen LogP contribution in [0, 0.1) is 5.92 Å². The first kappa shape index (κ1) is 16.7. The molecular weight excluding hydrogens is 352 g/mol. The van der Waals surface area contributed by atoms with Gasteiger partial charge in [0.25, 0.3) is 5.91 Å². The molecule has 28 heavy (non-hydrogen) atoms. The second-order valence-electron chi connectivity index (χ2n) is 7.31. The highest BCUT2D eigenvalue weighted by atomic mass is 16.2. The molecule has 0 saturated carbocycles. The van der Waals surface area contributed by atoms with Crippen molar-refractivity contribution >= 4 is 33.6 Å². The normalized spacial score (nSPS) is 15.4. The number of hydrogen-bond acceptors (Lipinski definition) is 3. The fourth-order valence-corrected chi connectivity index (χ4v) is 4.09. The van der Waals surface area contributed by atoms with Gasteiger partial charge in [-0.25, -0.2) is 4.98 Å². The summed E-state index contributed by atoms with van der Waals surface area (Å²) in [4.78, 5) is 38.1. The molecule has 2 aromatic heterocycles. The van der Waals surface area contributed by atoms with Gasteiger partial charge in [-0.1, -0.05) is 18.2 Å². The summed E-state index contributed by atoms with van der Waals surface area (Å²) >= 11 is 0. The van der Waals surface area contributed by atoms with Crippen LogP contribution in [0.1, 0.15) is 33.6 Å². The van der Waals surface area contributed by atoms with Crippen LogP contribution in [0.15, 0.2) is 55.0 Å². The number of piperidine rings is 1. The number of carbonyl (C=O) groups is 2. The predicted molar refractivity (Wildman–Crippen MR) is 107 cm³/mol. The molecule has 6 heteroatoms. The molecule has 6 nitrogen and oxygen atoms in total. The average molecular weight is 372 g/mol. The summed E-state index contributed by atoms with van der Waals surface area (Å²) < 4.78 is 0. The lowest BCUT2D eigenvalue weighted by Gasteiger charge is -2.31. The van der Waals surface area contributed by atoms with Gasteiger partial charge in [0.05, 0.1) is 17.4 Å². The number of H-pyrrole nitrogens is 2. The van der Waals surface area contributed by atoms with E-state index < -0.39 is 0 Å². The van der Waals surface area contributed by atoms with E-state index in [0.717, 1.165) is 27.5 Å². The number of amides is 1. The number of hydrogen-bond donors (Lipinski definition) is 2. The molecule has 0 atom stereocenters. The molecule has 5 rings (SSSR count). The quantitative estimate of drug-likeness (QED) is 0.537. The zero-order valence-electron chi connectivity index (χ0n) is 15.3. The molecule has 1 aliphatic rings. The van der Waals surface area contributed by atoms with E-state index in [0.29, 0.717) is 31.5 Å². The molecular formula is C22H20N4O2. The lowest BCUT2D eigenvalue weighted by atomic mass is 9.88. The molecule has 2 aromatic carbocycles. The molecule has 0 bridgehead atoms. The third-order valence-electron chi connectivity index (χ3n) is 5.67. The summed E-state index contributed by atoms with van der Waals surface area (Å²) in [6, 6.07) is 13.4. The number of nitrogens with one attached hydrogen (secondary N) is 2. The van der Waals surface area contributed by atoms with Crippen molar-refractivity contribution in [3.8, 4) is 0 Å². The topological polar surface area (TPSA) is 81.8 Å². The van der Waals surface area contributed by atoms with Gasteiger partial charge in [-0.05, 0) is 37.1 Å². The summed E-state index contributed by atoms with van der Waals surface area (Å²) in [7, 11) is 0. The van der Waals surface area contributed by atoms with E-state index in [1.54, 1.807) is 6.33 Å². The van der Waals surface area contributed by atoms with Gasteiger partial charge in [0, 0.05) is 47.2 Å². The van der Waals surface area contributed by atoms with E-state index in [4.69, 9.17) is 0 Å². The first-order valence-electron chi connectivity index (χ1n) is 9.53. The molecule has 140 valence electrons. The number of benzene rings is 2. The van der Waals surface area contributed by atoms with E-state index in [-0.39, 0.29) is 17.6 Å². The largest absolute Gasteiger partial charge is 0.360 e. The Labute approximate surface area is 161 Å². The summed E-state index contributed by atoms with van der Waals surface area (Å²) in [6.07, 6.45) is 4.82. The minimum Gasteiger partial charge on any atom is -0.360 e. The van der Waals surface area contributed by atoms with Crippen LogP contribution >= 0.6 is 0 Å². The number of nitrogens with zero attached hydrogens (tertiary/aromatic N) is 2. The summed E-state index contributed by atoms with van der Waals surface area (Å²) in [5, 5.41) is 0.971. The Morgan fingerprint density at radius 1 is 1.00 bits per heavy atom. The standard InChI is InChI=1S/C22H20N4O2/c27-21(17-12-23-18-4-2-1-3-16(17)18)14-7-9-26(10-8-14)22(28)15-5-6-19-20(11-15)25-13-24-19/h1-6,11-14,23H,7-10H2,(H,24,25). The summed E-state index contributed by atoms with van der Waals surface area (Å²) in [6.45, 7) is 1.19. The number of fused-ring (bicyclic) bond motifs is 2. The zero-order valence-corrected chi connectivity index (χ0v) is 15.3. The van der Waals surface area contributed by atoms with E-state index in [9.17, 15) is 9.59 Å². The molecule has 1 fully saturated rings. The Morgan fingerprint density at radius 2 is 1.82 bits per heavy atom. The monoisotopic (exact) mass is 372 g/mol. The van der Waals surface area contributed by atoms with Crippen molar-refractivity contribution in [2.45, 2.75) is 12.8 Å². The van der Waals surface area contributed by atoms with E-state index in [2.05, 4.69) is 15.0 Å². The first-order chi connectivity index (χ1) is 13.7. The highest BCUT2D eigenvalue weighted by molar-refractivity contribution is 6.09. The number of carbonyl (C=O) groups excluding carboxylic acids is 2. The maximum atomic E-state index is 13.0. The van der Waals surface area contributed by atoms with Crippen LogP contribution in [0.4, 0.5) is 0 Å². The first-order valence-corrected chi connectivity index (χ1v) is 9.53.